The SMILES string of the molecule is CNC(=O)[C@@H]1CCCN(C(=O)[C@@H](NC(=O)OC(C)(C)C)C(C)(C)C)[C@@H]1C(=O)N[C@@H](CC(=O)OCc1ccccc1)C(=O)N[C@@H](CC(C)C)C(=O)OCc1ccccc1. The van der Waals surface area contributed by atoms with Gasteiger partial charge in [0.25, 0.3) is 0 Å². The minimum absolute atomic E-state index is 0.0408. The van der Waals surface area contributed by atoms with Crippen molar-refractivity contribution in [3.05, 3.63) is 71.8 Å². The molecule has 15 nitrogen and oxygen atoms in total. The van der Waals surface area contributed by atoms with E-state index in [0.29, 0.717) is 12.0 Å². The van der Waals surface area contributed by atoms with E-state index >= 15 is 0 Å². The smallest absolute Gasteiger partial charge is 0.408 e. The summed E-state index contributed by atoms with van der Waals surface area (Å²) in [6.07, 6.45) is -0.726. The molecule has 1 saturated heterocycles. The molecule has 3 rings (SSSR count). The van der Waals surface area contributed by atoms with Gasteiger partial charge in [0.15, 0.2) is 0 Å². The Morgan fingerprint density at radius 2 is 1.33 bits per heavy atom. The average molecular weight is 808 g/mol. The Morgan fingerprint density at radius 1 is 0.759 bits per heavy atom. The molecule has 0 radical (unpaired) electrons. The Labute approximate surface area is 341 Å². The predicted molar refractivity (Wildman–Crippen MR) is 215 cm³/mol. The van der Waals surface area contributed by atoms with Crippen LogP contribution in [0.4, 0.5) is 4.79 Å². The number of carbonyl (C=O) groups is 7. The molecule has 5 atom stereocenters. The van der Waals surface area contributed by atoms with Gasteiger partial charge >= 0.3 is 18.0 Å². The fourth-order valence-electron chi connectivity index (χ4n) is 6.48. The highest BCUT2D eigenvalue weighted by Gasteiger charge is 2.47. The number of nitrogens with one attached hydrogen (secondary N) is 4. The van der Waals surface area contributed by atoms with Gasteiger partial charge in [0.1, 0.15) is 43.0 Å². The zero-order valence-corrected chi connectivity index (χ0v) is 35.2. The summed E-state index contributed by atoms with van der Waals surface area (Å²) in [5.74, 6) is -5.60. The maximum Gasteiger partial charge on any atom is 0.408 e. The number of alkyl carbamates (subject to hydrolysis) is 1. The van der Waals surface area contributed by atoms with Gasteiger partial charge in [-0.05, 0) is 62.5 Å². The van der Waals surface area contributed by atoms with E-state index in [1.54, 1.807) is 90.1 Å². The van der Waals surface area contributed by atoms with Crippen molar-refractivity contribution in [1.29, 1.82) is 0 Å². The zero-order valence-electron chi connectivity index (χ0n) is 35.2. The molecule has 1 aliphatic rings. The molecule has 318 valence electrons. The van der Waals surface area contributed by atoms with Gasteiger partial charge in [-0.2, -0.15) is 0 Å². The average Bonchev–Trinajstić information content (AvgIpc) is 3.16. The summed E-state index contributed by atoms with van der Waals surface area (Å²) in [5.41, 5.74) is -0.306. The quantitative estimate of drug-likeness (QED) is 0.141. The van der Waals surface area contributed by atoms with Gasteiger partial charge in [0.05, 0.1) is 12.3 Å². The fraction of sp³-hybridized carbons (Fsp3) is 0.558. The molecule has 0 unspecified atom stereocenters. The number of hydrogen-bond acceptors (Lipinski definition) is 10. The number of esters is 2. The number of nitrogens with zero attached hydrogens (tertiary/aromatic N) is 1. The van der Waals surface area contributed by atoms with Gasteiger partial charge < -0.3 is 40.4 Å². The van der Waals surface area contributed by atoms with Crippen molar-refractivity contribution >= 4 is 41.7 Å². The van der Waals surface area contributed by atoms with Crippen molar-refractivity contribution in [2.75, 3.05) is 13.6 Å². The zero-order chi connectivity index (χ0) is 43.2. The van der Waals surface area contributed by atoms with Crippen molar-refractivity contribution in [2.24, 2.45) is 17.3 Å². The third-order valence-electron chi connectivity index (χ3n) is 9.32. The molecule has 0 bridgehead atoms. The summed E-state index contributed by atoms with van der Waals surface area (Å²) >= 11 is 0. The minimum Gasteiger partial charge on any atom is -0.461 e. The number of rotatable bonds is 16. The normalized spacial score (nSPS) is 17.2. The summed E-state index contributed by atoms with van der Waals surface area (Å²) in [5, 5.41) is 10.5. The highest BCUT2D eigenvalue weighted by Crippen LogP contribution is 2.29. The lowest BCUT2D eigenvalue weighted by atomic mass is 9.82. The molecule has 0 aliphatic carbocycles. The number of piperidine rings is 1. The van der Waals surface area contributed by atoms with Gasteiger partial charge in [-0.15, -0.1) is 0 Å². The Morgan fingerprint density at radius 3 is 1.84 bits per heavy atom. The molecule has 0 saturated carbocycles. The van der Waals surface area contributed by atoms with Gasteiger partial charge in [0, 0.05) is 13.6 Å². The van der Waals surface area contributed by atoms with Crippen LogP contribution in [-0.4, -0.2) is 89.9 Å². The van der Waals surface area contributed by atoms with E-state index in [1.165, 1.54) is 11.9 Å². The van der Waals surface area contributed by atoms with E-state index < -0.39 is 89.2 Å². The number of likely N-dealkylation sites (tertiary alicyclic amines) is 1. The van der Waals surface area contributed by atoms with Gasteiger partial charge in [-0.25, -0.2) is 9.59 Å². The lowest BCUT2D eigenvalue weighted by Crippen LogP contribution is -2.65. The standard InChI is InChI=1S/C43H61N5O10/c1-27(2)23-32(40(54)57-26-29-19-14-11-15-20-29)46-37(51)31(24-33(49)56-25-28-17-12-10-13-18-28)45-38(52)34-30(36(50)44-9)21-16-22-48(34)39(53)35(42(3,4)5)47-41(55)58-43(6,7)8/h10-15,17-20,27,30-32,34-35H,16,21-26H2,1-9H3,(H,44,50)(H,45,52)(H,46,51)(H,47,55)/t30-,31+,32+,34+,35-/m1/s1. The van der Waals surface area contributed by atoms with E-state index in [9.17, 15) is 33.6 Å². The van der Waals surface area contributed by atoms with Crippen molar-refractivity contribution in [3.63, 3.8) is 0 Å². The summed E-state index contributed by atoms with van der Waals surface area (Å²) < 4.78 is 16.5. The van der Waals surface area contributed by atoms with Crippen LogP contribution in [-0.2, 0) is 56.2 Å². The molecule has 58 heavy (non-hydrogen) atoms. The molecule has 2 aromatic rings. The van der Waals surface area contributed by atoms with Gasteiger partial charge in [-0.3, -0.25) is 24.0 Å². The monoisotopic (exact) mass is 807 g/mol. The van der Waals surface area contributed by atoms with E-state index in [0.717, 1.165) is 5.56 Å². The van der Waals surface area contributed by atoms with E-state index in [-0.39, 0.29) is 38.5 Å². The van der Waals surface area contributed by atoms with Crippen molar-refractivity contribution in [2.45, 2.75) is 124 Å². The van der Waals surface area contributed by atoms with Gasteiger partial charge in [0.2, 0.25) is 23.6 Å². The first kappa shape index (κ1) is 46.9. The summed E-state index contributed by atoms with van der Waals surface area (Å²) in [4.78, 5) is 97.4. The Hall–Kier alpha value is -5.47. The molecule has 4 N–H and O–H groups in total. The summed E-state index contributed by atoms with van der Waals surface area (Å²) in [7, 11) is 1.41. The van der Waals surface area contributed by atoms with Crippen LogP contribution in [0.15, 0.2) is 60.7 Å². The first-order valence-electron chi connectivity index (χ1n) is 19.7. The van der Waals surface area contributed by atoms with Crippen LogP contribution in [0, 0.1) is 17.3 Å². The third kappa shape index (κ3) is 14.8. The molecule has 15 heteroatoms. The number of carbonyl (C=O) groups excluding carboxylic acids is 7. The topological polar surface area (TPSA) is 199 Å². The number of ether oxygens (including phenoxy) is 3. The highest BCUT2D eigenvalue weighted by atomic mass is 16.6. The Balaban J connectivity index is 1.97. The molecule has 5 amide bonds. The van der Waals surface area contributed by atoms with Crippen LogP contribution >= 0.6 is 0 Å². The van der Waals surface area contributed by atoms with E-state index in [4.69, 9.17) is 14.2 Å². The summed E-state index contributed by atoms with van der Waals surface area (Å²) in [6, 6.07) is 12.5. The second kappa shape index (κ2) is 21.3. The number of benzene rings is 2. The second-order valence-corrected chi connectivity index (χ2v) is 17.0. The minimum atomic E-state index is -1.60. The lowest BCUT2D eigenvalue weighted by Gasteiger charge is -2.43. The number of amides is 5. The molecule has 1 aliphatic heterocycles. The molecule has 1 fully saturated rings. The first-order valence-corrected chi connectivity index (χ1v) is 19.7. The largest absolute Gasteiger partial charge is 0.461 e. The Bertz CT molecular complexity index is 1720. The van der Waals surface area contributed by atoms with Crippen LogP contribution in [0.3, 0.4) is 0 Å². The summed E-state index contributed by atoms with van der Waals surface area (Å²) in [6.45, 7) is 13.9. The van der Waals surface area contributed by atoms with Crippen LogP contribution in [0.1, 0.15) is 92.2 Å². The highest BCUT2D eigenvalue weighted by molar-refractivity contribution is 5.99. The van der Waals surface area contributed by atoms with E-state index in [2.05, 4.69) is 21.3 Å². The molecule has 1 heterocycles. The molecule has 2 aromatic carbocycles. The fourth-order valence-corrected chi connectivity index (χ4v) is 6.48. The molecule has 0 aromatic heterocycles. The van der Waals surface area contributed by atoms with E-state index in [1.807, 2.05) is 26.0 Å². The molecular formula is C43H61N5O10. The van der Waals surface area contributed by atoms with Crippen LogP contribution in [0.25, 0.3) is 0 Å². The van der Waals surface area contributed by atoms with Crippen LogP contribution in [0.2, 0.25) is 0 Å². The Kier molecular flexibility index (Phi) is 17.3. The van der Waals surface area contributed by atoms with Crippen LogP contribution < -0.4 is 21.3 Å². The van der Waals surface area contributed by atoms with Crippen LogP contribution in [0.5, 0.6) is 0 Å². The molecular weight excluding hydrogens is 746 g/mol. The second-order valence-electron chi connectivity index (χ2n) is 17.0. The maximum absolute atomic E-state index is 14.5. The lowest BCUT2D eigenvalue weighted by molar-refractivity contribution is -0.154. The maximum atomic E-state index is 14.5. The predicted octanol–water partition coefficient (Wildman–Crippen LogP) is 4.17. The van der Waals surface area contributed by atoms with Crippen molar-refractivity contribution in [1.82, 2.24) is 26.2 Å². The third-order valence-corrected chi connectivity index (χ3v) is 9.32. The van der Waals surface area contributed by atoms with Crippen molar-refractivity contribution < 1.29 is 47.8 Å². The van der Waals surface area contributed by atoms with Crippen molar-refractivity contribution in [3.8, 4) is 0 Å². The molecule has 0 spiro atoms. The van der Waals surface area contributed by atoms with Gasteiger partial charge in [-0.1, -0.05) is 95.3 Å². The number of hydrogen-bond donors (Lipinski definition) is 4. The first-order chi connectivity index (χ1) is 27.2.